The number of rotatable bonds is 2. The van der Waals surface area contributed by atoms with Gasteiger partial charge >= 0.3 is 0 Å². The first kappa shape index (κ1) is 13.9. The van der Waals surface area contributed by atoms with Crippen molar-refractivity contribution in [3.05, 3.63) is 35.8 Å². The van der Waals surface area contributed by atoms with Crippen LogP contribution >= 0.6 is 0 Å². The molecule has 21 heavy (non-hydrogen) atoms. The predicted octanol–water partition coefficient (Wildman–Crippen LogP) is 1.18. The van der Waals surface area contributed by atoms with Crippen molar-refractivity contribution >= 4 is 11.6 Å². The number of aromatic nitrogens is 2. The molecule has 1 atom stereocenters. The lowest BCUT2D eigenvalue weighted by Crippen LogP contribution is -2.47. The van der Waals surface area contributed by atoms with Crippen molar-refractivity contribution in [1.29, 1.82) is 0 Å². The standard InChI is InChI=1S/C15H21N5O/c1-11-3-4-19-10-13(18-14(19)7-11)8-17-15(16)20-5-6-21-12(2)9-20/h3-4,7,10,12H,5-6,8-9H2,1-2H3,(H2,16,17). The highest BCUT2D eigenvalue weighted by atomic mass is 16.5. The summed E-state index contributed by atoms with van der Waals surface area (Å²) in [6.07, 6.45) is 4.21. The van der Waals surface area contributed by atoms with Crippen molar-refractivity contribution in [2.45, 2.75) is 26.5 Å². The number of morpholine rings is 1. The molecule has 1 aliphatic rings. The van der Waals surface area contributed by atoms with Crippen LogP contribution in [-0.4, -0.2) is 46.0 Å². The highest BCUT2D eigenvalue weighted by Gasteiger charge is 2.17. The maximum atomic E-state index is 6.06. The molecule has 1 unspecified atom stereocenters. The van der Waals surface area contributed by atoms with Crippen molar-refractivity contribution in [3.8, 4) is 0 Å². The molecule has 0 radical (unpaired) electrons. The zero-order valence-electron chi connectivity index (χ0n) is 12.5. The fourth-order valence-electron chi connectivity index (χ4n) is 2.50. The Balaban J connectivity index is 1.71. The molecule has 1 fully saturated rings. The highest BCUT2D eigenvalue weighted by Crippen LogP contribution is 2.09. The van der Waals surface area contributed by atoms with Gasteiger partial charge in [0.15, 0.2) is 5.96 Å². The molecule has 3 rings (SSSR count). The minimum absolute atomic E-state index is 0.200. The second-order valence-electron chi connectivity index (χ2n) is 5.50. The van der Waals surface area contributed by atoms with Gasteiger partial charge in [0.1, 0.15) is 5.65 Å². The molecule has 0 aliphatic carbocycles. The molecule has 0 saturated carbocycles. The number of nitrogens with zero attached hydrogens (tertiary/aromatic N) is 4. The predicted molar refractivity (Wildman–Crippen MR) is 82.2 cm³/mol. The SMILES string of the molecule is Cc1ccn2cc(CN=C(N)N3CCOC(C)C3)nc2c1. The number of hydrogen-bond donors (Lipinski definition) is 1. The van der Waals surface area contributed by atoms with Gasteiger partial charge in [-0.1, -0.05) is 0 Å². The molecule has 2 N–H and O–H groups in total. The summed E-state index contributed by atoms with van der Waals surface area (Å²) in [5, 5.41) is 0. The summed E-state index contributed by atoms with van der Waals surface area (Å²) in [5.41, 5.74) is 9.13. The Labute approximate surface area is 124 Å². The molecule has 112 valence electrons. The summed E-state index contributed by atoms with van der Waals surface area (Å²) < 4.78 is 7.51. The summed E-state index contributed by atoms with van der Waals surface area (Å²) in [6, 6.07) is 4.12. The van der Waals surface area contributed by atoms with Crippen LogP contribution in [0.2, 0.25) is 0 Å². The van der Waals surface area contributed by atoms with Crippen LogP contribution < -0.4 is 5.73 Å². The Morgan fingerprint density at radius 1 is 1.57 bits per heavy atom. The van der Waals surface area contributed by atoms with Gasteiger partial charge in [-0.15, -0.1) is 0 Å². The zero-order chi connectivity index (χ0) is 14.8. The van der Waals surface area contributed by atoms with Gasteiger partial charge in [-0.2, -0.15) is 0 Å². The third kappa shape index (κ3) is 3.16. The number of pyridine rings is 1. The largest absolute Gasteiger partial charge is 0.375 e. The highest BCUT2D eigenvalue weighted by molar-refractivity contribution is 5.78. The molecule has 2 aromatic rings. The monoisotopic (exact) mass is 287 g/mol. The van der Waals surface area contributed by atoms with Gasteiger partial charge in [-0.05, 0) is 31.5 Å². The van der Waals surface area contributed by atoms with Crippen molar-refractivity contribution < 1.29 is 4.74 Å². The maximum Gasteiger partial charge on any atom is 0.191 e. The average Bonchev–Trinajstić information content (AvgIpc) is 2.86. The Morgan fingerprint density at radius 3 is 3.24 bits per heavy atom. The van der Waals surface area contributed by atoms with Crippen LogP contribution in [0.25, 0.3) is 5.65 Å². The molecule has 1 saturated heterocycles. The molecular formula is C15H21N5O. The molecule has 1 aliphatic heterocycles. The number of ether oxygens (including phenoxy) is 1. The van der Waals surface area contributed by atoms with E-state index in [2.05, 4.69) is 33.9 Å². The summed E-state index contributed by atoms with van der Waals surface area (Å²) in [5.74, 6) is 0.568. The Kier molecular flexibility index (Phi) is 3.79. The molecule has 0 bridgehead atoms. The van der Waals surface area contributed by atoms with Crippen LogP contribution in [-0.2, 0) is 11.3 Å². The van der Waals surface area contributed by atoms with E-state index in [4.69, 9.17) is 10.5 Å². The third-order valence-corrected chi connectivity index (χ3v) is 3.63. The fraction of sp³-hybridized carbons (Fsp3) is 0.467. The van der Waals surface area contributed by atoms with E-state index in [1.54, 1.807) is 0 Å². The lowest BCUT2D eigenvalue weighted by Gasteiger charge is -2.31. The van der Waals surface area contributed by atoms with Crippen LogP contribution in [0, 0.1) is 6.92 Å². The molecule has 2 aromatic heterocycles. The lowest BCUT2D eigenvalue weighted by atomic mass is 10.3. The van der Waals surface area contributed by atoms with Crippen LogP contribution in [0.4, 0.5) is 0 Å². The van der Waals surface area contributed by atoms with Gasteiger partial charge in [0.2, 0.25) is 0 Å². The van der Waals surface area contributed by atoms with E-state index in [1.165, 1.54) is 5.56 Å². The van der Waals surface area contributed by atoms with Crippen molar-refractivity contribution in [2.24, 2.45) is 10.7 Å². The van der Waals surface area contributed by atoms with Crippen molar-refractivity contribution in [3.63, 3.8) is 0 Å². The zero-order valence-corrected chi connectivity index (χ0v) is 12.5. The van der Waals surface area contributed by atoms with Gasteiger partial charge in [0.25, 0.3) is 0 Å². The molecule has 0 amide bonds. The number of imidazole rings is 1. The minimum Gasteiger partial charge on any atom is -0.375 e. The quantitative estimate of drug-likeness (QED) is 0.665. The van der Waals surface area contributed by atoms with Crippen LogP contribution in [0.1, 0.15) is 18.2 Å². The molecular weight excluding hydrogens is 266 g/mol. The second kappa shape index (κ2) is 5.73. The van der Waals surface area contributed by atoms with Crippen molar-refractivity contribution in [2.75, 3.05) is 19.7 Å². The molecule has 6 heteroatoms. The fourth-order valence-corrected chi connectivity index (χ4v) is 2.50. The number of guanidine groups is 1. The number of aliphatic imine (C=N–C) groups is 1. The topological polar surface area (TPSA) is 68.2 Å². The molecule has 6 nitrogen and oxygen atoms in total. The first-order valence-corrected chi connectivity index (χ1v) is 7.22. The third-order valence-electron chi connectivity index (χ3n) is 3.63. The average molecular weight is 287 g/mol. The first-order chi connectivity index (χ1) is 10.1. The number of nitrogens with two attached hydrogens (primary N) is 1. The van der Waals surface area contributed by atoms with E-state index >= 15 is 0 Å². The van der Waals surface area contributed by atoms with Gasteiger partial charge in [-0.25, -0.2) is 9.98 Å². The van der Waals surface area contributed by atoms with Crippen molar-refractivity contribution in [1.82, 2.24) is 14.3 Å². The lowest BCUT2D eigenvalue weighted by molar-refractivity contribution is 0.00528. The van der Waals surface area contributed by atoms with Gasteiger partial charge < -0.3 is 19.8 Å². The second-order valence-corrected chi connectivity index (χ2v) is 5.50. The summed E-state index contributed by atoms with van der Waals surface area (Å²) in [7, 11) is 0. The van der Waals surface area contributed by atoms with Crippen LogP contribution in [0.15, 0.2) is 29.5 Å². The number of aryl methyl sites for hydroxylation is 1. The van der Waals surface area contributed by atoms with E-state index in [-0.39, 0.29) is 6.10 Å². The Bertz CT molecular complexity index is 663. The summed E-state index contributed by atoms with van der Waals surface area (Å²) in [4.78, 5) is 11.1. The smallest absolute Gasteiger partial charge is 0.191 e. The normalized spacial score (nSPS) is 20.2. The maximum absolute atomic E-state index is 6.06. The molecule has 0 aromatic carbocycles. The molecule has 3 heterocycles. The number of hydrogen-bond acceptors (Lipinski definition) is 3. The Hall–Kier alpha value is -2.08. The Morgan fingerprint density at radius 2 is 2.43 bits per heavy atom. The van der Waals surface area contributed by atoms with Crippen LogP contribution in [0.5, 0.6) is 0 Å². The number of fused-ring (bicyclic) bond motifs is 1. The summed E-state index contributed by atoms with van der Waals surface area (Å²) >= 11 is 0. The minimum atomic E-state index is 0.200. The van der Waals surface area contributed by atoms with E-state index in [0.717, 1.165) is 24.4 Å². The van der Waals surface area contributed by atoms with E-state index in [9.17, 15) is 0 Å². The van der Waals surface area contributed by atoms with Crippen LogP contribution in [0.3, 0.4) is 0 Å². The first-order valence-electron chi connectivity index (χ1n) is 7.22. The van der Waals surface area contributed by atoms with E-state index in [1.807, 2.05) is 23.7 Å². The van der Waals surface area contributed by atoms with E-state index < -0.39 is 0 Å². The summed E-state index contributed by atoms with van der Waals surface area (Å²) in [6.45, 7) is 6.89. The molecule has 0 spiro atoms. The van der Waals surface area contributed by atoms with Gasteiger partial charge in [-0.3, -0.25) is 0 Å². The van der Waals surface area contributed by atoms with Gasteiger partial charge in [0.05, 0.1) is 24.9 Å². The van der Waals surface area contributed by atoms with Gasteiger partial charge in [0, 0.05) is 25.5 Å². The van der Waals surface area contributed by atoms with E-state index in [0.29, 0.717) is 19.1 Å².